The third kappa shape index (κ3) is 4.60. The van der Waals surface area contributed by atoms with Crippen LogP contribution in [0, 0.1) is 6.92 Å². The molecule has 0 bridgehead atoms. The molecule has 0 aliphatic carbocycles. The van der Waals surface area contributed by atoms with Crippen LogP contribution >= 0.6 is 11.6 Å². The number of aryl methyl sites for hydroxylation is 1. The van der Waals surface area contributed by atoms with Gasteiger partial charge in [0.1, 0.15) is 5.60 Å². The molecule has 2 heterocycles. The standard InChI is InChI=1S/C19H24ClNO3.C2H6/c1-12-11-21(18(22)24-19(2,3)4)17-15(12)9-14(20)10-16(17)13-5-7-23-8-6-13;1-2/h9-11,13H,5-8H2,1-4H3;1-2H3. The van der Waals surface area contributed by atoms with Gasteiger partial charge in [0.15, 0.2) is 0 Å². The molecule has 0 atom stereocenters. The van der Waals surface area contributed by atoms with Gasteiger partial charge in [-0.2, -0.15) is 0 Å². The molecule has 3 rings (SSSR count). The highest BCUT2D eigenvalue weighted by atomic mass is 35.5. The van der Waals surface area contributed by atoms with Crippen molar-refractivity contribution in [2.75, 3.05) is 13.2 Å². The molecule has 2 aromatic rings. The van der Waals surface area contributed by atoms with E-state index in [-0.39, 0.29) is 6.09 Å². The van der Waals surface area contributed by atoms with Crippen LogP contribution in [0.3, 0.4) is 0 Å². The summed E-state index contributed by atoms with van der Waals surface area (Å²) in [5.41, 5.74) is 2.51. The Morgan fingerprint density at radius 1 is 1.23 bits per heavy atom. The van der Waals surface area contributed by atoms with Crippen molar-refractivity contribution in [1.82, 2.24) is 4.57 Å². The van der Waals surface area contributed by atoms with Crippen LogP contribution in [0.15, 0.2) is 18.3 Å². The van der Waals surface area contributed by atoms with Crippen LogP contribution in [0.25, 0.3) is 10.9 Å². The van der Waals surface area contributed by atoms with E-state index < -0.39 is 5.60 Å². The maximum absolute atomic E-state index is 12.7. The zero-order valence-corrected chi connectivity index (χ0v) is 17.4. The molecule has 144 valence electrons. The summed E-state index contributed by atoms with van der Waals surface area (Å²) in [6, 6.07) is 3.91. The molecule has 0 amide bonds. The number of carbonyl (C=O) groups excluding carboxylic acids is 1. The Morgan fingerprint density at radius 2 is 1.85 bits per heavy atom. The van der Waals surface area contributed by atoms with Crippen molar-refractivity contribution >= 4 is 28.6 Å². The number of carbonyl (C=O) groups is 1. The van der Waals surface area contributed by atoms with E-state index in [0.29, 0.717) is 10.9 Å². The van der Waals surface area contributed by atoms with E-state index in [2.05, 4.69) is 0 Å². The minimum Gasteiger partial charge on any atom is -0.443 e. The Kier molecular flexibility index (Phi) is 6.75. The summed E-state index contributed by atoms with van der Waals surface area (Å²) in [5.74, 6) is 0.343. The van der Waals surface area contributed by atoms with Crippen molar-refractivity contribution < 1.29 is 14.3 Å². The SMILES string of the molecule is CC.Cc1cn(C(=O)OC(C)(C)C)c2c(C3CCOCC3)cc(Cl)cc12. The van der Waals surface area contributed by atoms with Crippen LogP contribution in [-0.2, 0) is 9.47 Å². The fourth-order valence-corrected chi connectivity index (χ4v) is 3.52. The molecule has 1 fully saturated rings. The molecule has 1 saturated heterocycles. The number of hydrogen-bond donors (Lipinski definition) is 0. The second-order valence-electron chi connectivity index (χ2n) is 7.44. The van der Waals surface area contributed by atoms with Gasteiger partial charge in [0.05, 0.1) is 5.52 Å². The molecular formula is C21H30ClNO3. The summed E-state index contributed by atoms with van der Waals surface area (Å²) < 4.78 is 12.7. The molecule has 1 aliphatic rings. The number of ether oxygens (including phenoxy) is 2. The third-order valence-corrected chi connectivity index (χ3v) is 4.56. The van der Waals surface area contributed by atoms with Gasteiger partial charge < -0.3 is 9.47 Å². The van der Waals surface area contributed by atoms with Crippen molar-refractivity contribution in [1.29, 1.82) is 0 Å². The molecule has 4 nitrogen and oxygen atoms in total. The van der Waals surface area contributed by atoms with Crippen LogP contribution in [0.5, 0.6) is 0 Å². The highest BCUT2D eigenvalue weighted by Crippen LogP contribution is 2.37. The quantitative estimate of drug-likeness (QED) is 0.583. The lowest BCUT2D eigenvalue weighted by molar-refractivity contribution is 0.0543. The van der Waals surface area contributed by atoms with Gasteiger partial charge in [0.25, 0.3) is 0 Å². The van der Waals surface area contributed by atoms with Crippen molar-refractivity contribution in [3.8, 4) is 0 Å². The minimum absolute atomic E-state index is 0.343. The fourth-order valence-electron chi connectivity index (χ4n) is 3.29. The predicted molar refractivity (Wildman–Crippen MR) is 107 cm³/mol. The summed E-state index contributed by atoms with van der Waals surface area (Å²) in [7, 11) is 0. The van der Waals surface area contributed by atoms with Crippen molar-refractivity contribution in [3.63, 3.8) is 0 Å². The van der Waals surface area contributed by atoms with E-state index in [9.17, 15) is 4.79 Å². The Labute approximate surface area is 161 Å². The largest absolute Gasteiger partial charge is 0.443 e. The zero-order chi connectivity index (χ0) is 19.5. The van der Waals surface area contributed by atoms with E-state index in [1.165, 1.54) is 0 Å². The number of benzene rings is 1. The van der Waals surface area contributed by atoms with Gasteiger partial charge in [-0.05, 0) is 69.7 Å². The first kappa shape index (κ1) is 20.8. The van der Waals surface area contributed by atoms with E-state index in [0.717, 1.165) is 48.1 Å². The number of nitrogens with zero attached hydrogens (tertiary/aromatic N) is 1. The van der Waals surface area contributed by atoms with Crippen molar-refractivity contribution in [2.24, 2.45) is 0 Å². The summed E-state index contributed by atoms with van der Waals surface area (Å²) in [6.07, 6.45) is 3.37. The van der Waals surface area contributed by atoms with Gasteiger partial charge in [-0.1, -0.05) is 25.4 Å². The highest BCUT2D eigenvalue weighted by molar-refractivity contribution is 6.31. The topological polar surface area (TPSA) is 40.5 Å². The first-order chi connectivity index (χ1) is 12.3. The number of fused-ring (bicyclic) bond motifs is 1. The lowest BCUT2D eigenvalue weighted by Gasteiger charge is -2.25. The van der Waals surface area contributed by atoms with Gasteiger partial charge >= 0.3 is 6.09 Å². The van der Waals surface area contributed by atoms with E-state index >= 15 is 0 Å². The van der Waals surface area contributed by atoms with Crippen LogP contribution in [0.2, 0.25) is 5.02 Å². The molecule has 1 aliphatic heterocycles. The van der Waals surface area contributed by atoms with Gasteiger partial charge in [-0.3, -0.25) is 4.57 Å². The molecular weight excluding hydrogens is 350 g/mol. The van der Waals surface area contributed by atoms with Gasteiger partial charge in [0, 0.05) is 29.8 Å². The number of aromatic nitrogens is 1. The maximum Gasteiger partial charge on any atom is 0.419 e. The summed E-state index contributed by atoms with van der Waals surface area (Å²) in [5, 5.41) is 1.71. The monoisotopic (exact) mass is 379 g/mol. The Bertz CT molecular complexity index is 768. The molecule has 0 saturated carbocycles. The van der Waals surface area contributed by atoms with E-state index in [1.807, 2.05) is 59.9 Å². The van der Waals surface area contributed by atoms with Crippen LogP contribution in [0.1, 0.15) is 64.5 Å². The molecule has 0 unspecified atom stereocenters. The van der Waals surface area contributed by atoms with Crippen LogP contribution in [-0.4, -0.2) is 29.5 Å². The number of halogens is 1. The first-order valence-corrected chi connectivity index (χ1v) is 9.76. The van der Waals surface area contributed by atoms with Crippen molar-refractivity contribution in [3.05, 3.63) is 34.5 Å². The molecule has 5 heteroatoms. The predicted octanol–water partition coefficient (Wildman–Crippen LogP) is 6.31. The Hall–Kier alpha value is -1.52. The van der Waals surface area contributed by atoms with Crippen molar-refractivity contribution in [2.45, 2.75) is 65.9 Å². The van der Waals surface area contributed by atoms with Gasteiger partial charge in [-0.25, -0.2) is 4.79 Å². The summed E-state index contributed by atoms with van der Waals surface area (Å²) in [4.78, 5) is 12.7. The van der Waals surface area contributed by atoms with Gasteiger partial charge in [0.2, 0.25) is 0 Å². The average Bonchev–Trinajstić information content (AvgIpc) is 2.92. The number of rotatable bonds is 1. The smallest absolute Gasteiger partial charge is 0.419 e. The first-order valence-electron chi connectivity index (χ1n) is 9.38. The minimum atomic E-state index is -0.535. The fraction of sp³-hybridized carbons (Fsp3) is 0.571. The zero-order valence-electron chi connectivity index (χ0n) is 16.7. The lowest BCUT2D eigenvalue weighted by Crippen LogP contribution is -2.27. The van der Waals surface area contributed by atoms with Gasteiger partial charge in [-0.15, -0.1) is 0 Å². The van der Waals surface area contributed by atoms with Crippen LogP contribution in [0.4, 0.5) is 4.79 Å². The Balaban J connectivity index is 0.00000117. The lowest BCUT2D eigenvalue weighted by atomic mass is 9.90. The highest BCUT2D eigenvalue weighted by Gasteiger charge is 2.25. The second-order valence-corrected chi connectivity index (χ2v) is 7.88. The molecule has 26 heavy (non-hydrogen) atoms. The maximum atomic E-state index is 12.7. The third-order valence-electron chi connectivity index (χ3n) is 4.34. The summed E-state index contributed by atoms with van der Waals surface area (Å²) >= 11 is 6.35. The van der Waals surface area contributed by atoms with E-state index in [4.69, 9.17) is 21.1 Å². The molecule has 1 aromatic carbocycles. The molecule has 0 spiro atoms. The number of hydrogen-bond acceptors (Lipinski definition) is 3. The molecule has 1 aromatic heterocycles. The second kappa shape index (κ2) is 8.45. The van der Waals surface area contributed by atoms with Crippen LogP contribution < -0.4 is 0 Å². The average molecular weight is 380 g/mol. The molecule has 0 N–H and O–H groups in total. The summed E-state index contributed by atoms with van der Waals surface area (Å²) in [6.45, 7) is 13.1. The molecule has 0 radical (unpaired) electrons. The Morgan fingerprint density at radius 3 is 2.42 bits per heavy atom. The van der Waals surface area contributed by atoms with E-state index in [1.54, 1.807) is 4.57 Å². The normalized spacial score (nSPS) is 15.5.